The summed E-state index contributed by atoms with van der Waals surface area (Å²) < 4.78 is 33.2. The number of methoxy groups -OCH3 is 1. The molecular formula is C19H17N5O4S. The van der Waals surface area contributed by atoms with Gasteiger partial charge in [0.1, 0.15) is 0 Å². The van der Waals surface area contributed by atoms with Crippen molar-refractivity contribution < 1.29 is 13.2 Å². The number of aromatic nitrogens is 5. The molecule has 0 bridgehead atoms. The quantitative estimate of drug-likeness (QED) is 0.488. The number of hydrogen-bond donors (Lipinski definition) is 0. The summed E-state index contributed by atoms with van der Waals surface area (Å²) in [4.78, 5) is 17.0. The number of sulfone groups is 1. The lowest BCUT2D eigenvalue weighted by atomic mass is 10.2. The van der Waals surface area contributed by atoms with Gasteiger partial charge in [-0.05, 0) is 29.8 Å². The molecule has 0 radical (unpaired) electrons. The van der Waals surface area contributed by atoms with Gasteiger partial charge in [0.25, 0.3) is 5.56 Å². The Kier molecular flexibility index (Phi) is 4.63. The van der Waals surface area contributed by atoms with Crippen molar-refractivity contribution in [3.8, 4) is 5.88 Å². The summed E-state index contributed by atoms with van der Waals surface area (Å²) in [5, 5.41) is 8.91. The Labute approximate surface area is 166 Å². The fourth-order valence-electron chi connectivity index (χ4n) is 2.90. The van der Waals surface area contributed by atoms with Gasteiger partial charge in [-0.15, -0.1) is 0 Å². The van der Waals surface area contributed by atoms with Crippen LogP contribution in [-0.2, 0) is 23.4 Å². The van der Waals surface area contributed by atoms with Crippen LogP contribution in [0.4, 0.5) is 0 Å². The third-order valence-corrected chi connectivity index (χ3v) is 6.08. The van der Waals surface area contributed by atoms with Crippen LogP contribution in [0, 0.1) is 0 Å². The molecule has 3 aromatic heterocycles. The van der Waals surface area contributed by atoms with Gasteiger partial charge in [0.05, 0.1) is 30.1 Å². The molecule has 0 aliphatic heterocycles. The Morgan fingerprint density at radius 1 is 1.10 bits per heavy atom. The number of benzene rings is 1. The van der Waals surface area contributed by atoms with E-state index in [1.165, 1.54) is 46.9 Å². The first kappa shape index (κ1) is 18.8. The summed E-state index contributed by atoms with van der Waals surface area (Å²) in [6.45, 7) is 0.236. The molecule has 0 fully saturated rings. The second-order valence-corrected chi connectivity index (χ2v) is 8.29. The SMILES string of the molecule is COc1ccc(Cn2ncc3cc(S(=O)(=O)c4ccn(C)n4)ccc3c2=O)cn1. The zero-order valence-corrected chi connectivity index (χ0v) is 16.5. The van der Waals surface area contributed by atoms with Gasteiger partial charge in [-0.1, -0.05) is 6.07 Å². The van der Waals surface area contributed by atoms with E-state index in [2.05, 4.69) is 15.2 Å². The standard InChI is InChI=1S/C19H17N5O4S/c1-23-8-7-18(22-23)29(26,27)15-4-5-16-14(9-15)11-21-24(19(16)25)12-13-3-6-17(28-2)20-10-13/h3-11H,12H2,1-2H3. The second kappa shape index (κ2) is 7.13. The minimum absolute atomic E-state index is 0.0485. The largest absolute Gasteiger partial charge is 0.481 e. The summed E-state index contributed by atoms with van der Waals surface area (Å²) in [6.07, 6.45) is 4.65. The van der Waals surface area contributed by atoms with E-state index in [-0.39, 0.29) is 22.0 Å². The van der Waals surface area contributed by atoms with Crippen molar-refractivity contribution in [3.63, 3.8) is 0 Å². The summed E-state index contributed by atoms with van der Waals surface area (Å²) in [6, 6.07) is 9.28. The van der Waals surface area contributed by atoms with Crippen LogP contribution in [0.15, 0.2) is 69.7 Å². The Morgan fingerprint density at radius 2 is 1.93 bits per heavy atom. The zero-order chi connectivity index (χ0) is 20.6. The fraction of sp³-hybridized carbons (Fsp3) is 0.158. The van der Waals surface area contributed by atoms with E-state index < -0.39 is 9.84 Å². The lowest BCUT2D eigenvalue weighted by molar-refractivity contribution is 0.397. The van der Waals surface area contributed by atoms with Gasteiger partial charge in [0.2, 0.25) is 15.7 Å². The lowest BCUT2D eigenvalue weighted by Crippen LogP contribution is -2.23. The van der Waals surface area contributed by atoms with E-state index in [4.69, 9.17) is 4.74 Å². The maximum Gasteiger partial charge on any atom is 0.274 e. The molecule has 0 amide bonds. The molecule has 4 aromatic rings. The minimum atomic E-state index is -3.78. The molecular weight excluding hydrogens is 394 g/mol. The minimum Gasteiger partial charge on any atom is -0.481 e. The van der Waals surface area contributed by atoms with Gasteiger partial charge in [0, 0.05) is 30.9 Å². The average Bonchev–Trinajstić information content (AvgIpc) is 3.17. The van der Waals surface area contributed by atoms with E-state index in [1.807, 2.05) is 0 Å². The van der Waals surface area contributed by atoms with Crippen molar-refractivity contribution in [1.82, 2.24) is 24.5 Å². The Morgan fingerprint density at radius 3 is 2.59 bits per heavy atom. The first-order valence-electron chi connectivity index (χ1n) is 8.62. The van der Waals surface area contributed by atoms with Crippen LogP contribution in [0.2, 0.25) is 0 Å². The molecule has 9 nitrogen and oxygen atoms in total. The van der Waals surface area contributed by atoms with Crippen LogP contribution in [0.1, 0.15) is 5.56 Å². The molecule has 1 aromatic carbocycles. The monoisotopic (exact) mass is 411 g/mol. The van der Waals surface area contributed by atoms with Gasteiger partial charge in [0.15, 0.2) is 5.03 Å². The molecule has 0 saturated heterocycles. The highest BCUT2D eigenvalue weighted by atomic mass is 32.2. The highest BCUT2D eigenvalue weighted by molar-refractivity contribution is 7.91. The highest BCUT2D eigenvalue weighted by Gasteiger charge is 2.21. The summed E-state index contributed by atoms with van der Waals surface area (Å²) >= 11 is 0. The Balaban J connectivity index is 1.70. The Hall–Kier alpha value is -3.53. The summed E-state index contributed by atoms with van der Waals surface area (Å²) in [5.74, 6) is 0.481. The molecule has 0 saturated carbocycles. The predicted octanol–water partition coefficient (Wildman–Crippen LogP) is 1.41. The summed E-state index contributed by atoms with van der Waals surface area (Å²) in [5.41, 5.74) is 0.467. The van der Waals surface area contributed by atoms with Gasteiger partial charge in [-0.25, -0.2) is 18.1 Å². The van der Waals surface area contributed by atoms with Gasteiger partial charge < -0.3 is 4.74 Å². The molecule has 0 spiro atoms. The molecule has 4 rings (SSSR count). The van der Waals surface area contributed by atoms with Crippen molar-refractivity contribution >= 4 is 20.6 Å². The number of rotatable bonds is 5. The first-order valence-corrected chi connectivity index (χ1v) is 10.1. The number of pyridine rings is 1. The van der Waals surface area contributed by atoms with Crippen LogP contribution in [0.5, 0.6) is 5.88 Å². The second-order valence-electron chi connectivity index (χ2n) is 6.40. The van der Waals surface area contributed by atoms with Crippen LogP contribution in [0.3, 0.4) is 0 Å². The number of aryl methyl sites for hydroxylation is 1. The van der Waals surface area contributed by atoms with Crippen molar-refractivity contribution in [3.05, 3.63) is 70.9 Å². The molecule has 148 valence electrons. The molecule has 0 aliphatic rings. The van der Waals surface area contributed by atoms with Crippen molar-refractivity contribution in [2.24, 2.45) is 7.05 Å². The number of fused-ring (bicyclic) bond motifs is 1. The van der Waals surface area contributed by atoms with Gasteiger partial charge in [-0.3, -0.25) is 9.48 Å². The lowest BCUT2D eigenvalue weighted by Gasteiger charge is -2.08. The van der Waals surface area contributed by atoms with Crippen LogP contribution < -0.4 is 10.3 Å². The zero-order valence-electron chi connectivity index (χ0n) is 15.7. The van der Waals surface area contributed by atoms with Crippen molar-refractivity contribution in [2.75, 3.05) is 7.11 Å². The van der Waals surface area contributed by atoms with Gasteiger partial charge in [-0.2, -0.15) is 10.2 Å². The van der Waals surface area contributed by atoms with Crippen LogP contribution in [-0.4, -0.2) is 40.1 Å². The van der Waals surface area contributed by atoms with Crippen LogP contribution >= 0.6 is 0 Å². The maximum atomic E-state index is 12.8. The first-order chi connectivity index (χ1) is 13.9. The molecule has 10 heteroatoms. The molecule has 0 N–H and O–H groups in total. The molecule has 29 heavy (non-hydrogen) atoms. The highest BCUT2D eigenvalue weighted by Crippen LogP contribution is 2.22. The van der Waals surface area contributed by atoms with Gasteiger partial charge >= 0.3 is 0 Å². The molecule has 0 unspecified atom stereocenters. The smallest absolute Gasteiger partial charge is 0.274 e. The maximum absolute atomic E-state index is 12.8. The van der Waals surface area contributed by atoms with E-state index in [0.29, 0.717) is 16.7 Å². The molecule has 3 heterocycles. The third kappa shape index (κ3) is 3.49. The molecule has 0 aliphatic carbocycles. The predicted molar refractivity (Wildman–Crippen MR) is 105 cm³/mol. The molecule has 0 atom stereocenters. The van der Waals surface area contributed by atoms with E-state index in [0.717, 1.165) is 5.56 Å². The summed E-state index contributed by atoms with van der Waals surface area (Å²) in [7, 11) is -0.606. The number of hydrogen-bond acceptors (Lipinski definition) is 7. The van der Waals surface area contributed by atoms with E-state index in [1.54, 1.807) is 31.6 Å². The normalized spacial score (nSPS) is 11.7. The van der Waals surface area contributed by atoms with Crippen molar-refractivity contribution in [2.45, 2.75) is 16.5 Å². The topological polar surface area (TPSA) is 109 Å². The fourth-order valence-corrected chi connectivity index (χ4v) is 4.15. The van der Waals surface area contributed by atoms with Crippen LogP contribution in [0.25, 0.3) is 10.8 Å². The number of ether oxygens (including phenoxy) is 1. The average molecular weight is 411 g/mol. The van der Waals surface area contributed by atoms with E-state index in [9.17, 15) is 13.2 Å². The third-order valence-electron chi connectivity index (χ3n) is 4.44. The van der Waals surface area contributed by atoms with E-state index >= 15 is 0 Å². The Bertz CT molecular complexity index is 1360. The van der Waals surface area contributed by atoms with Crippen molar-refractivity contribution in [1.29, 1.82) is 0 Å². The number of nitrogens with zero attached hydrogens (tertiary/aromatic N) is 5.